The Balaban J connectivity index is 2.97. The molecule has 0 aliphatic rings. The zero-order valence-electron chi connectivity index (χ0n) is 13.4. The van der Waals surface area contributed by atoms with Crippen molar-refractivity contribution in [3.8, 4) is 0 Å². The Kier molecular flexibility index (Phi) is 17.0. The van der Waals surface area contributed by atoms with Gasteiger partial charge in [0.1, 0.15) is 0 Å². The third kappa shape index (κ3) is 16.0. The van der Waals surface area contributed by atoms with Gasteiger partial charge in [-0.05, 0) is 6.42 Å². The Morgan fingerprint density at radius 1 is 0.700 bits per heavy atom. The van der Waals surface area contributed by atoms with Crippen LogP contribution in [-0.4, -0.2) is 5.91 Å². The molecule has 0 atom stereocenters. The zero-order valence-corrected chi connectivity index (χ0v) is 15.0. The van der Waals surface area contributed by atoms with Gasteiger partial charge in [-0.1, -0.05) is 90.4 Å². The number of nitrogens with one attached hydrogen (secondary N) is 1. The number of carbonyl (C=O) groups is 1. The van der Waals surface area contributed by atoms with E-state index >= 15 is 0 Å². The fourth-order valence-corrected chi connectivity index (χ4v) is 2.73. The van der Waals surface area contributed by atoms with Crippen LogP contribution in [0.3, 0.4) is 0 Å². The van der Waals surface area contributed by atoms with E-state index in [0.717, 1.165) is 6.42 Å². The molecule has 1 amide bonds. The summed E-state index contributed by atoms with van der Waals surface area (Å²) in [6.45, 7) is 2.27. The SMILES string of the molecule is CCCCCCCCCCCCCCCCC(=O)NBr. The Labute approximate surface area is 134 Å². The highest BCUT2D eigenvalue weighted by Crippen LogP contribution is 2.13. The fourth-order valence-electron chi connectivity index (χ4n) is 2.53. The van der Waals surface area contributed by atoms with Gasteiger partial charge in [-0.2, -0.15) is 0 Å². The molecule has 20 heavy (non-hydrogen) atoms. The van der Waals surface area contributed by atoms with E-state index in [9.17, 15) is 4.79 Å². The Morgan fingerprint density at radius 3 is 1.40 bits per heavy atom. The number of hydrogen-bond acceptors (Lipinski definition) is 1. The molecule has 0 aliphatic carbocycles. The Bertz CT molecular complexity index is 209. The minimum absolute atomic E-state index is 0.101. The molecule has 0 aromatic rings. The van der Waals surface area contributed by atoms with Crippen LogP contribution in [0.2, 0.25) is 0 Å². The molecule has 0 fully saturated rings. The average Bonchev–Trinajstić information content (AvgIpc) is 2.47. The molecule has 1 N–H and O–H groups in total. The van der Waals surface area contributed by atoms with Crippen LogP contribution in [-0.2, 0) is 4.79 Å². The molecule has 0 radical (unpaired) electrons. The molecule has 0 aromatic carbocycles. The van der Waals surface area contributed by atoms with Crippen molar-refractivity contribution in [3.63, 3.8) is 0 Å². The smallest absolute Gasteiger partial charge is 0.229 e. The molecule has 3 heteroatoms. The number of carbonyl (C=O) groups excluding carboxylic acids is 1. The second-order valence-corrected chi connectivity index (χ2v) is 6.26. The lowest BCUT2D eigenvalue weighted by Gasteiger charge is -2.03. The van der Waals surface area contributed by atoms with Crippen LogP contribution >= 0.6 is 16.1 Å². The summed E-state index contributed by atoms with van der Waals surface area (Å²) in [4.78, 5) is 11.0. The van der Waals surface area contributed by atoms with Crippen LogP contribution in [0.4, 0.5) is 0 Å². The average molecular weight is 348 g/mol. The van der Waals surface area contributed by atoms with Crippen LogP contribution < -0.4 is 4.34 Å². The van der Waals surface area contributed by atoms with E-state index < -0.39 is 0 Å². The first-order valence-electron chi connectivity index (χ1n) is 8.70. The number of hydrogen-bond donors (Lipinski definition) is 1. The molecule has 0 saturated carbocycles. The first kappa shape index (κ1) is 19.9. The summed E-state index contributed by atoms with van der Waals surface area (Å²) in [6, 6.07) is 0. The molecule has 0 rings (SSSR count). The van der Waals surface area contributed by atoms with Crippen LogP contribution in [0, 0.1) is 0 Å². The van der Waals surface area contributed by atoms with Crippen LogP contribution in [0.25, 0.3) is 0 Å². The van der Waals surface area contributed by atoms with Gasteiger partial charge in [0.2, 0.25) is 5.91 Å². The van der Waals surface area contributed by atoms with E-state index in [1.54, 1.807) is 0 Å². The van der Waals surface area contributed by atoms with Crippen molar-refractivity contribution < 1.29 is 4.79 Å². The second-order valence-electron chi connectivity index (χ2n) is 5.86. The van der Waals surface area contributed by atoms with E-state index in [0.29, 0.717) is 6.42 Å². The van der Waals surface area contributed by atoms with Crippen LogP contribution in [0.5, 0.6) is 0 Å². The van der Waals surface area contributed by atoms with E-state index in [2.05, 4.69) is 27.4 Å². The molecule has 0 bridgehead atoms. The van der Waals surface area contributed by atoms with Gasteiger partial charge in [0.05, 0.1) is 0 Å². The fraction of sp³-hybridized carbons (Fsp3) is 0.941. The number of rotatable bonds is 15. The van der Waals surface area contributed by atoms with Crippen LogP contribution in [0.15, 0.2) is 0 Å². The number of unbranched alkanes of at least 4 members (excludes halogenated alkanes) is 13. The van der Waals surface area contributed by atoms with Gasteiger partial charge in [0.15, 0.2) is 0 Å². The minimum atomic E-state index is 0.101. The van der Waals surface area contributed by atoms with Gasteiger partial charge in [-0.25, -0.2) is 0 Å². The second kappa shape index (κ2) is 17.0. The topological polar surface area (TPSA) is 29.1 Å². The van der Waals surface area contributed by atoms with Crippen LogP contribution in [0.1, 0.15) is 103 Å². The molecular formula is C17H34BrNO. The highest BCUT2D eigenvalue weighted by molar-refractivity contribution is 9.08. The highest BCUT2D eigenvalue weighted by atomic mass is 79.9. The third-order valence-corrected chi connectivity index (χ3v) is 4.31. The van der Waals surface area contributed by atoms with Gasteiger partial charge in [0, 0.05) is 22.6 Å². The van der Waals surface area contributed by atoms with Crippen molar-refractivity contribution in [1.29, 1.82) is 0 Å². The third-order valence-electron chi connectivity index (χ3n) is 3.86. The van der Waals surface area contributed by atoms with E-state index in [1.807, 2.05) is 0 Å². The largest absolute Gasteiger partial charge is 0.293 e. The molecule has 2 nitrogen and oxygen atoms in total. The molecule has 0 aliphatic heterocycles. The summed E-state index contributed by atoms with van der Waals surface area (Å²) in [5, 5.41) is 0. The first-order chi connectivity index (χ1) is 9.81. The quantitative estimate of drug-likeness (QED) is 0.274. The monoisotopic (exact) mass is 347 g/mol. The molecule has 120 valence electrons. The van der Waals surface area contributed by atoms with E-state index in [-0.39, 0.29) is 5.91 Å². The molecule has 0 heterocycles. The summed E-state index contributed by atoms with van der Waals surface area (Å²) in [6.07, 6.45) is 19.6. The predicted octanol–water partition coefficient (Wildman–Crippen LogP) is 6.28. The molecular weight excluding hydrogens is 314 g/mol. The lowest BCUT2D eigenvalue weighted by molar-refractivity contribution is -0.119. The van der Waals surface area contributed by atoms with Crippen molar-refractivity contribution in [2.24, 2.45) is 0 Å². The normalized spacial score (nSPS) is 10.7. The van der Waals surface area contributed by atoms with E-state index in [4.69, 9.17) is 0 Å². The van der Waals surface area contributed by atoms with Crippen molar-refractivity contribution in [1.82, 2.24) is 4.34 Å². The first-order valence-corrected chi connectivity index (χ1v) is 9.50. The number of amides is 1. The maximum atomic E-state index is 11.0. The maximum Gasteiger partial charge on any atom is 0.229 e. The number of halogens is 1. The van der Waals surface area contributed by atoms with Gasteiger partial charge in [-0.3, -0.25) is 9.14 Å². The summed E-state index contributed by atoms with van der Waals surface area (Å²) in [5.74, 6) is 0.101. The van der Waals surface area contributed by atoms with Gasteiger partial charge in [0.25, 0.3) is 0 Å². The highest BCUT2D eigenvalue weighted by Gasteiger charge is 1.98. The summed E-state index contributed by atoms with van der Waals surface area (Å²) in [7, 11) is 0. The van der Waals surface area contributed by atoms with Crippen molar-refractivity contribution in [2.45, 2.75) is 103 Å². The van der Waals surface area contributed by atoms with Crippen molar-refractivity contribution in [3.05, 3.63) is 0 Å². The Morgan fingerprint density at radius 2 is 1.05 bits per heavy atom. The lowest BCUT2D eigenvalue weighted by atomic mass is 10.0. The van der Waals surface area contributed by atoms with E-state index in [1.165, 1.54) is 83.5 Å². The summed E-state index contributed by atoms with van der Waals surface area (Å²) >= 11 is 2.96. The van der Waals surface area contributed by atoms with Gasteiger partial charge in [-0.15, -0.1) is 0 Å². The van der Waals surface area contributed by atoms with Gasteiger partial charge >= 0.3 is 0 Å². The minimum Gasteiger partial charge on any atom is -0.293 e. The van der Waals surface area contributed by atoms with Crippen molar-refractivity contribution in [2.75, 3.05) is 0 Å². The molecule has 0 saturated heterocycles. The molecule has 0 unspecified atom stereocenters. The van der Waals surface area contributed by atoms with Gasteiger partial charge < -0.3 is 0 Å². The molecule has 0 spiro atoms. The zero-order chi connectivity index (χ0) is 14.9. The lowest BCUT2D eigenvalue weighted by Crippen LogP contribution is -2.10. The molecule has 0 aromatic heterocycles. The summed E-state index contributed by atoms with van der Waals surface area (Å²) in [5.41, 5.74) is 0. The standard InChI is InChI=1S/C17H34BrNO/c1-2-3-4-5-6-7-8-9-10-11-12-13-14-15-16-17(20)19-18/h2-16H2,1H3,(H,19,20). The Hall–Kier alpha value is -0.0500. The predicted molar refractivity (Wildman–Crippen MR) is 92.0 cm³/mol. The maximum absolute atomic E-state index is 11.0. The van der Waals surface area contributed by atoms with Crippen molar-refractivity contribution >= 4 is 22.1 Å². The summed E-state index contributed by atoms with van der Waals surface area (Å²) < 4.78 is 2.49.